The van der Waals surface area contributed by atoms with Crippen LogP contribution in [0, 0.1) is 11.3 Å². The Kier molecular flexibility index (Phi) is 4.36. The van der Waals surface area contributed by atoms with Gasteiger partial charge >= 0.3 is 0 Å². The highest BCUT2D eigenvalue weighted by atomic mass is 32.2. The Balaban J connectivity index is 1.85. The van der Waals surface area contributed by atoms with Crippen molar-refractivity contribution in [3.8, 4) is 0 Å². The van der Waals surface area contributed by atoms with Crippen LogP contribution in [0.4, 0.5) is 0 Å². The summed E-state index contributed by atoms with van der Waals surface area (Å²) >= 11 is 1.86. The van der Waals surface area contributed by atoms with Crippen molar-refractivity contribution in [3.63, 3.8) is 0 Å². The van der Waals surface area contributed by atoms with Crippen LogP contribution in [0.2, 0.25) is 0 Å². The topological polar surface area (TPSA) is 33.6 Å². The molecule has 2 atom stereocenters. The number of amidine groups is 1. The van der Waals surface area contributed by atoms with Gasteiger partial charge in [0.15, 0.2) is 5.17 Å². The maximum absolute atomic E-state index is 5.38. The number of rotatable bonds is 2. The third-order valence-corrected chi connectivity index (χ3v) is 4.47. The minimum atomic E-state index is 0.318. The van der Waals surface area contributed by atoms with Crippen molar-refractivity contribution >= 4 is 16.9 Å². The zero-order chi connectivity index (χ0) is 12.3. The lowest BCUT2D eigenvalue weighted by molar-refractivity contribution is 0.187. The number of hydrogen-bond donors (Lipinski definition) is 1. The summed E-state index contributed by atoms with van der Waals surface area (Å²) in [6.45, 7) is 9.62. The van der Waals surface area contributed by atoms with Crippen molar-refractivity contribution in [1.82, 2.24) is 5.32 Å². The van der Waals surface area contributed by atoms with Gasteiger partial charge in [-0.2, -0.15) is 0 Å². The van der Waals surface area contributed by atoms with E-state index < -0.39 is 0 Å². The minimum Gasteiger partial charge on any atom is -0.381 e. The van der Waals surface area contributed by atoms with Gasteiger partial charge in [0.25, 0.3) is 0 Å². The Morgan fingerprint density at radius 1 is 1.41 bits per heavy atom. The standard InChI is InChI=1S/C13H24N2OS/c1-13(2,3)11-5-7-17-12(15-11)14-8-10-4-6-16-9-10/h10-11H,4-9H2,1-3H3,(H,14,15). The normalized spacial score (nSPS) is 32.8. The molecule has 0 aromatic rings. The molecule has 2 aliphatic rings. The van der Waals surface area contributed by atoms with E-state index in [1.54, 1.807) is 0 Å². The number of aliphatic imine (C=N–C) groups is 1. The van der Waals surface area contributed by atoms with Gasteiger partial charge in [0.05, 0.1) is 6.61 Å². The zero-order valence-corrected chi connectivity index (χ0v) is 12.0. The van der Waals surface area contributed by atoms with E-state index in [-0.39, 0.29) is 0 Å². The fraction of sp³-hybridized carbons (Fsp3) is 0.923. The summed E-state index contributed by atoms with van der Waals surface area (Å²) in [6, 6.07) is 0.558. The van der Waals surface area contributed by atoms with E-state index in [2.05, 4.69) is 26.1 Å². The van der Waals surface area contributed by atoms with Gasteiger partial charge in [0.2, 0.25) is 0 Å². The second-order valence-electron chi connectivity index (χ2n) is 6.08. The summed E-state index contributed by atoms with van der Waals surface area (Å²) in [7, 11) is 0. The highest BCUT2D eigenvalue weighted by Gasteiger charge is 2.28. The highest BCUT2D eigenvalue weighted by molar-refractivity contribution is 8.13. The molecule has 0 spiro atoms. The monoisotopic (exact) mass is 256 g/mol. The molecule has 2 rings (SSSR count). The van der Waals surface area contributed by atoms with Gasteiger partial charge in [0.1, 0.15) is 0 Å². The molecule has 0 radical (unpaired) electrons. The third-order valence-electron chi connectivity index (χ3n) is 3.51. The molecule has 17 heavy (non-hydrogen) atoms. The van der Waals surface area contributed by atoms with Crippen LogP contribution in [0.5, 0.6) is 0 Å². The Labute approximate surface area is 109 Å². The van der Waals surface area contributed by atoms with Crippen molar-refractivity contribution in [3.05, 3.63) is 0 Å². The molecule has 0 aromatic carbocycles. The van der Waals surface area contributed by atoms with Gasteiger partial charge in [-0.05, 0) is 18.3 Å². The van der Waals surface area contributed by atoms with Crippen molar-refractivity contribution in [2.75, 3.05) is 25.5 Å². The molecule has 98 valence electrons. The maximum atomic E-state index is 5.38. The molecule has 2 heterocycles. The maximum Gasteiger partial charge on any atom is 0.156 e. The van der Waals surface area contributed by atoms with Crippen LogP contribution in [0.15, 0.2) is 4.99 Å². The van der Waals surface area contributed by atoms with E-state index >= 15 is 0 Å². The van der Waals surface area contributed by atoms with E-state index in [0.29, 0.717) is 17.4 Å². The molecule has 3 nitrogen and oxygen atoms in total. The Hall–Kier alpha value is -0.220. The largest absolute Gasteiger partial charge is 0.381 e. The lowest BCUT2D eigenvalue weighted by Gasteiger charge is -2.35. The highest BCUT2D eigenvalue weighted by Crippen LogP contribution is 2.27. The van der Waals surface area contributed by atoms with E-state index in [4.69, 9.17) is 9.73 Å². The minimum absolute atomic E-state index is 0.318. The van der Waals surface area contributed by atoms with E-state index in [9.17, 15) is 0 Å². The zero-order valence-electron chi connectivity index (χ0n) is 11.2. The molecule has 1 N–H and O–H groups in total. The predicted molar refractivity (Wildman–Crippen MR) is 74.7 cm³/mol. The SMILES string of the molecule is CC(C)(C)C1CCSC(=NCC2CCOC2)N1. The molecular weight excluding hydrogens is 232 g/mol. The molecule has 0 saturated carbocycles. The van der Waals surface area contributed by atoms with Crippen LogP contribution in [0.25, 0.3) is 0 Å². The Bertz CT molecular complexity index is 280. The van der Waals surface area contributed by atoms with Crippen LogP contribution in [-0.4, -0.2) is 36.7 Å². The summed E-state index contributed by atoms with van der Waals surface area (Å²) in [6.07, 6.45) is 2.41. The molecule has 2 fully saturated rings. The number of nitrogens with one attached hydrogen (secondary N) is 1. The lowest BCUT2D eigenvalue weighted by Crippen LogP contribution is -2.46. The number of nitrogens with zero attached hydrogens (tertiary/aromatic N) is 1. The van der Waals surface area contributed by atoms with Crippen LogP contribution in [0.1, 0.15) is 33.6 Å². The van der Waals surface area contributed by atoms with Gasteiger partial charge in [-0.3, -0.25) is 4.99 Å². The van der Waals surface area contributed by atoms with Gasteiger partial charge in [-0.1, -0.05) is 32.5 Å². The van der Waals surface area contributed by atoms with Crippen LogP contribution in [0.3, 0.4) is 0 Å². The molecule has 4 heteroatoms. The molecule has 2 saturated heterocycles. The van der Waals surface area contributed by atoms with Gasteiger partial charge in [-0.15, -0.1) is 0 Å². The molecule has 2 aliphatic heterocycles. The smallest absolute Gasteiger partial charge is 0.156 e. The first kappa shape index (κ1) is 13.2. The fourth-order valence-corrected chi connectivity index (χ4v) is 3.15. The second-order valence-corrected chi connectivity index (χ2v) is 7.16. The summed E-state index contributed by atoms with van der Waals surface area (Å²) in [5.74, 6) is 1.83. The Morgan fingerprint density at radius 2 is 2.24 bits per heavy atom. The van der Waals surface area contributed by atoms with Crippen LogP contribution in [-0.2, 0) is 4.74 Å². The average Bonchev–Trinajstić information content (AvgIpc) is 2.78. The van der Waals surface area contributed by atoms with Crippen molar-refractivity contribution < 1.29 is 4.74 Å². The lowest BCUT2D eigenvalue weighted by atomic mass is 9.85. The van der Waals surface area contributed by atoms with Gasteiger partial charge in [0, 0.05) is 30.9 Å². The number of thioether (sulfide) groups is 1. The molecule has 0 bridgehead atoms. The van der Waals surface area contributed by atoms with Crippen molar-refractivity contribution in [1.29, 1.82) is 0 Å². The number of ether oxygens (including phenoxy) is 1. The van der Waals surface area contributed by atoms with Crippen LogP contribution >= 0.6 is 11.8 Å². The van der Waals surface area contributed by atoms with E-state index in [0.717, 1.165) is 24.9 Å². The molecular formula is C13H24N2OS. The quantitative estimate of drug-likeness (QED) is 0.824. The summed E-state index contributed by atoms with van der Waals surface area (Å²) in [5.41, 5.74) is 0.318. The second kappa shape index (κ2) is 5.61. The van der Waals surface area contributed by atoms with E-state index in [1.165, 1.54) is 18.6 Å². The first-order valence-electron chi connectivity index (χ1n) is 6.57. The summed E-state index contributed by atoms with van der Waals surface area (Å²) < 4.78 is 5.38. The average molecular weight is 256 g/mol. The molecule has 2 unspecified atom stereocenters. The van der Waals surface area contributed by atoms with Gasteiger partial charge in [-0.25, -0.2) is 0 Å². The molecule has 0 amide bonds. The summed E-state index contributed by atoms with van der Waals surface area (Å²) in [4.78, 5) is 4.72. The first-order chi connectivity index (χ1) is 8.05. The van der Waals surface area contributed by atoms with Crippen molar-refractivity contribution in [2.24, 2.45) is 16.3 Å². The van der Waals surface area contributed by atoms with Crippen molar-refractivity contribution in [2.45, 2.75) is 39.7 Å². The fourth-order valence-electron chi connectivity index (χ4n) is 2.22. The Morgan fingerprint density at radius 3 is 2.88 bits per heavy atom. The van der Waals surface area contributed by atoms with Crippen LogP contribution < -0.4 is 5.32 Å². The molecule has 0 aliphatic carbocycles. The first-order valence-corrected chi connectivity index (χ1v) is 7.56. The number of hydrogen-bond acceptors (Lipinski definition) is 3. The predicted octanol–water partition coefficient (Wildman–Crippen LogP) is 2.52. The van der Waals surface area contributed by atoms with Gasteiger partial charge < -0.3 is 10.1 Å². The molecule has 0 aromatic heterocycles. The third kappa shape index (κ3) is 3.88. The summed E-state index contributed by atoms with van der Waals surface area (Å²) in [5, 5.41) is 4.73. The van der Waals surface area contributed by atoms with E-state index in [1.807, 2.05) is 11.8 Å².